The fourth-order valence-corrected chi connectivity index (χ4v) is 3.22. The van der Waals surface area contributed by atoms with Crippen molar-refractivity contribution in [2.45, 2.75) is 18.9 Å². The van der Waals surface area contributed by atoms with E-state index in [1.165, 1.54) is 0 Å². The van der Waals surface area contributed by atoms with Gasteiger partial charge in [-0.2, -0.15) is 0 Å². The van der Waals surface area contributed by atoms with Gasteiger partial charge >= 0.3 is 0 Å². The molecule has 0 aromatic carbocycles. The number of sulfonamides is 1. The summed E-state index contributed by atoms with van der Waals surface area (Å²) in [7, 11) is -1.74. The van der Waals surface area contributed by atoms with Crippen LogP contribution in [0.3, 0.4) is 0 Å². The number of aryl methyl sites for hydroxylation is 1. The van der Waals surface area contributed by atoms with Gasteiger partial charge < -0.3 is 14.5 Å². The number of likely N-dealkylation sites (tertiary alicyclic amines) is 1. The van der Waals surface area contributed by atoms with Crippen molar-refractivity contribution >= 4 is 15.9 Å². The van der Waals surface area contributed by atoms with Crippen molar-refractivity contribution in [3.8, 4) is 0 Å². The van der Waals surface area contributed by atoms with Gasteiger partial charge in [0, 0.05) is 26.7 Å². The third-order valence-electron chi connectivity index (χ3n) is 3.98. The van der Waals surface area contributed by atoms with Crippen LogP contribution in [0.15, 0.2) is 16.5 Å². The van der Waals surface area contributed by atoms with Gasteiger partial charge in [-0.05, 0) is 19.1 Å². The molecule has 0 unspecified atom stereocenters. The molecule has 1 amide bonds. The first kappa shape index (κ1) is 18.9. The Hall–Kier alpha value is -1.42. The highest BCUT2D eigenvalue weighted by atomic mass is 32.2. The fraction of sp³-hybridized carbons (Fsp3) is 0.667. The maximum Gasteiger partial charge on any atom is 0.235 e. The SMILES string of the molecule is COCCN1C[C@@H](NC(=O)CNS(C)(=O)=O)[C@H](c2ccc(C)o2)C1. The minimum absolute atomic E-state index is 0.0257. The number of hydrogen-bond donors (Lipinski definition) is 2. The van der Waals surface area contributed by atoms with E-state index < -0.39 is 10.0 Å². The topological polar surface area (TPSA) is 101 Å². The molecule has 0 aliphatic carbocycles. The fourth-order valence-electron chi connectivity index (χ4n) is 2.83. The second kappa shape index (κ2) is 8.11. The number of furan rings is 1. The second-order valence-electron chi connectivity index (χ2n) is 6.07. The zero-order chi connectivity index (χ0) is 17.7. The molecule has 136 valence electrons. The van der Waals surface area contributed by atoms with Crippen LogP contribution in [0.1, 0.15) is 17.4 Å². The molecule has 2 atom stereocenters. The summed E-state index contributed by atoms with van der Waals surface area (Å²) in [6, 6.07) is 3.69. The van der Waals surface area contributed by atoms with Gasteiger partial charge in [-0.1, -0.05) is 0 Å². The molecule has 0 saturated carbocycles. The molecule has 1 saturated heterocycles. The number of rotatable bonds is 8. The van der Waals surface area contributed by atoms with E-state index >= 15 is 0 Å². The average molecular weight is 359 g/mol. The Balaban J connectivity index is 2.01. The van der Waals surface area contributed by atoms with E-state index in [9.17, 15) is 13.2 Å². The zero-order valence-corrected chi connectivity index (χ0v) is 15.1. The summed E-state index contributed by atoms with van der Waals surface area (Å²) in [5.74, 6) is 1.32. The summed E-state index contributed by atoms with van der Waals surface area (Å²) in [5.41, 5.74) is 0. The Morgan fingerprint density at radius 3 is 2.75 bits per heavy atom. The van der Waals surface area contributed by atoms with Crippen LogP contribution in [0.25, 0.3) is 0 Å². The van der Waals surface area contributed by atoms with E-state index in [-0.39, 0.29) is 24.4 Å². The molecule has 1 aliphatic rings. The van der Waals surface area contributed by atoms with Crippen LogP contribution in [-0.4, -0.2) is 71.4 Å². The predicted octanol–water partition coefficient (Wildman–Crippen LogP) is -0.332. The third-order valence-corrected chi connectivity index (χ3v) is 4.64. The lowest BCUT2D eigenvalue weighted by Gasteiger charge is -2.18. The van der Waals surface area contributed by atoms with Crippen LogP contribution in [0.5, 0.6) is 0 Å². The lowest BCUT2D eigenvalue weighted by molar-refractivity contribution is -0.120. The normalized spacial score (nSPS) is 22.0. The molecule has 0 radical (unpaired) electrons. The Bertz CT molecular complexity index is 658. The number of amides is 1. The number of nitrogens with zero attached hydrogens (tertiary/aromatic N) is 1. The number of hydrogen-bond acceptors (Lipinski definition) is 6. The lowest BCUT2D eigenvalue weighted by atomic mass is 10.0. The molecule has 1 aromatic rings. The molecule has 2 N–H and O–H groups in total. The van der Waals surface area contributed by atoms with Gasteiger partial charge in [0.1, 0.15) is 11.5 Å². The maximum absolute atomic E-state index is 12.0. The minimum atomic E-state index is -3.39. The Morgan fingerprint density at radius 1 is 1.42 bits per heavy atom. The summed E-state index contributed by atoms with van der Waals surface area (Å²) in [4.78, 5) is 14.2. The van der Waals surface area contributed by atoms with E-state index in [1.54, 1.807) is 7.11 Å². The van der Waals surface area contributed by atoms with Gasteiger partial charge in [-0.15, -0.1) is 0 Å². The molecule has 1 aromatic heterocycles. The molecule has 9 heteroatoms. The van der Waals surface area contributed by atoms with Gasteiger partial charge in [-0.3, -0.25) is 9.69 Å². The molecule has 2 rings (SSSR count). The molecular weight excluding hydrogens is 334 g/mol. The summed E-state index contributed by atoms with van der Waals surface area (Å²) in [6.07, 6.45) is 1.02. The number of ether oxygens (including phenoxy) is 1. The van der Waals surface area contributed by atoms with Crippen molar-refractivity contribution in [2.24, 2.45) is 0 Å². The predicted molar refractivity (Wildman–Crippen MR) is 89.3 cm³/mol. The number of carbonyl (C=O) groups excluding carboxylic acids is 1. The van der Waals surface area contributed by atoms with Crippen molar-refractivity contribution in [3.05, 3.63) is 23.7 Å². The van der Waals surface area contributed by atoms with Gasteiger partial charge in [0.25, 0.3) is 0 Å². The van der Waals surface area contributed by atoms with Crippen LogP contribution >= 0.6 is 0 Å². The first-order chi connectivity index (χ1) is 11.3. The van der Waals surface area contributed by atoms with Crippen molar-refractivity contribution in [1.29, 1.82) is 0 Å². The van der Waals surface area contributed by atoms with Crippen LogP contribution < -0.4 is 10.0 Å². The van der Waals surface area contributed by atoms with Crippen molar-refractivity contribution in [1.82, 2.24) is 14.9 Å². The smallest absolute Gasteiger partial charge is 0.235 e. The van der Waals surface area contributed by atoms with Crippen LogP contribution in [0.4, 0.5) is 0 Å². The molecular formula is C15H25N3O5S. The Morgan fingerprint density at radius 2 is 2.17 bits per heavy atom. The summed E-state index contributed by atoms with van der Waals surface area (Å²) in [6.45, 7) is 4.40. The molecule has 24 heavy (non-hydrogen) atoms. The Labute approximate surface area is 142 Å². The van der Waals surface area contributed by atoms with Crippen LogP contribution in [0.2, 0.25) is 0 Å². The zero-order valence-electron chi connectivity index (χ0n) is 14.2. The summed E-state index contributed by atoms with van der Waals surface area (Å²) in [5, 5.41) is 2.91. The van der Waals surface area contributed by atoms with Gasteiger partial charge in [0.2, 0.25) is 15.9 Å². The van der Waals surface area contributed by atoms with Crippen molar-refractivity contribution < 1.29 is 22.4 Å². The van der Waals surface area contributed by atoms with Crippen molar-refractivity contribution in [2.75, 3.05) is 46.2 Å². The molecule has 1 fully saturated rings. The Kier molecular flexibility index (Phi) is 6.39. The number of carbonyl (C=O) groups is 1. The first-order valence-corrected chi connectivity index (χ1v) is 9.69. The van der Waals surface area contributed by atoms with E-state index in [4.69, 9.17) is 9.15 Å². The molecule has 8 nitrogen and oxygen atoms in total. The highest BCUT2D eigenvalue weighted by molar-refractivity contribution is 7.88. The average Bonchev–Trinajstić information content (AvgIpc) is 3.08. The van der Waals surface area contributed by atoms with Crippen molar-refractivity contribution in [3.63, 3.8) is 0 Å². The summed E-state index contributed by atoms with van der Waals surface area (Å²) < 4.78 is 35.2. The minimum Gasteiger partial charge on any atom is -0.466 e. The maximum atomic E-state index is 12.0. The van der Waals surface area contributed by atoms with Gasteiger partial charge in [-0.25, -0.2) is 13.1 Å². The van der Waals surface area contributed by atoms with Gasteiger partial charge in [0.15, 0.2) is 0 Å². The first-order valence-electron chi connectivity index (χ1n) is 7.80. The molecule has 1 aliphatic heterocycles. The van der Waals surface area contributed by atoms with E-state index in [1.807, 2.05) is 19.1 Å². The monoisotopic (exact) mass is 359 g/mol. The van der Waals surface area contributed by atoms with Gasteiger partial charge in [0.05, 0.1) is 31.4 Å². The van der Waals surface area contributed by atoms with E-state index in [0.29, 0.717) is 13.2 Å². The quantitative estimate of drug-likeness (QED) is 0.659. The summed E-state index contributed by atoms with van der Waals surface area (Å²) >= 11 is 0. The van der Waals surface area contributed by atoms with E-state index in [2.05, 4.69) is 14.9 Å². The third kappa shape index (κ3) is 5.59. The largest absolute Gasteiger partial charge is 0.466 e. The van der Waals surface area contributed by atoms with Crippen LogP contribution in [-0.2, 0) is 19.6 Å². The lowest BCUT2D eigenvalue weighted by Crippen LogP contribution is -2.44. The molecule has 0 spiro atoms. The van der Waals surface area contributed by atoms with Crippen LogP contribution in [0, 0.1) is 6.92 Å². The molecule has 2 heterocycles. The molecule has 0 bridgehead atoms. The van der Waals surface area contributed by atoms with E-state index in [0.717, 1.165) is 30.9 Å². The highest BCUT2D eigenvalue weighted by Crippen LogP contribution is 2.29. The highest BCUT2D eigenvalue weighted by Gasteiger charge is 2.36. The number of nitrogens with one attached hydrogen (secondary N) is 2. The number of methoxy groups -OCH3 is 1. The second-order valence-corrected chi connectivity index (χ2v) is 7.91. The standard InChI is InChI=1S/C15H25N3O5S/c1-11-4-5-14(23-11)12-9-18(6-7-22-2)10-13(12)17-15(19)8-16-24(3,20)21/h4-5,12-13,16H,6-10H2,1-3H3,(H,17,19)/t12-,13-/m1/s1.